The fraction of sp³-hybridized carbons (Fsp3) is 0.0667. The number of halogens is 1. The number of hydrogen-bond acceptors (Lipinski definition) is 3. The second kappa shape index (κ2) is 4.31. The van der Waals surface area contributed by atoms with Crippen LogP contribution in [-0.2, 0) is 0 Å². The number of nitrogens with one attached hydrogen (secondary N) is 2. The first-order chi connectivity index (χ1) is 10.2. The van der Waals surface area contributed by atoms with Crippen molar-refractivity contribution in [3.8, 4) is 11.5 Å². The summed E-state index contributed by atoms with van der Waals surface area (Å²) in [5.41, 5.74) is 2.51. The molecule has 21 heavy (non-hydrogen) atoms. The third kappa shape index (κ3) is 1.76. The summed E-state index contributed by atoms with van der Waals surface area (Å²) >= 11 is 0. The lowest BCUT2D eigenvalue weighted by molar-refractivity contribution is 0.0955. The van der Waals surface area contributed by atoms with Crippen molar-refractivity contribution < 1.29 is 13.6 Å². The molecule has 0 bridgehead atoms. The minimum atomic E-state index is -0.369. The third-order valence-corrected chi connectivity index (χ3v) is 3.55. The highest BCUT2D eigenvalue weighted by Crippen LogP contribution is 2.36. The van der Waals surface area contributed by atoms with Gasteiger partial charge in [0.2, 0.25) is 0 Å². The van der Waals surface area contributed by atoms with E-state index in [0.717, 1.165) is 11.1 Å². The van der Waals surface area contributed by atoms with Crippen molar-refractivity contribution in [2.45, 2.75) is 6.04 Å². The zero-order chi connectivity index (χ0) is 14.4. The molecule has 2 N–H and O–H groups in total. The van der Waals surface area contributed by atoms with Crippen LogP contribution < -0.4 is 5.32 Å². The summed E-state index contributed by atoms with van der Waals surface area (Å²) in [6, 6.07) is 9.21. The monoisotopic (exact) mass is 283 g/mol. The highest BCUT2D eigenvalue weighted by atomic mass is 19.1. The smallest absolute Gasteiger partial charge is 0.272 e. The molecule has 1 atom stereocenters. The van der Waals surface area contributed by atoms with Gasteiger partial charge in [-0.3, -0.25) is 9.89 Å². The van der Waals surface area contributed by atoms with Gasteiger partial charge in [-0.05, 0) is 29.8 Å². The molecule has 3 aromatic rings. The van der Waals surface area contributed by atoms with Crippen LogP contribution in [0, 0.1) is 5.82 Å². The largest absolute Gasteiger partial charge is 0.463 e. The van der Waals surface area contributed by atoms with Crippen LogP contribution in [-0.4, -0.2) is 16.1 Å². The first-order valence-electron chi connectivity index (χ1n) is 6.42. The number of rotatable bonds is 2. The number of aromatic amines is 1. The first-order valence-corrected chi connectivity index (χ1v) is 6.42. The summed E-state index contributed by atoms with van der Waals surface area (Å²) in [6.07, 6.45) is 1.56. The molecular weight excluding hydrogens is 273 g/mol. The van der Waals surface area contributed by atoms with Crippen molar-refractivity contribution in [2.24, 2.45) is 0 Å². The number of nitrogens with zero attached hydrogens (tertiary/aromatic N) is 1. The lowest BCUT2D eigenvalue weighted by atomic mass is 9.99. The normalized spacial score (nSPS) is 16.8. The molecule has 104 valence electrons. The Kier molecular flexibility index (Phi) is 2.44. The third-order valence-electron chi connectivity index (χ3n) is 3.55. The van der Waals surface area contributed by atoms with E-state index in [2.05, 4.69) is 15.5 Å². The van der Waals surface area contributed by atoms with E-state index in [1.807, 2.05) is 0 Å². The summed E-state index contributed by atoms with van der Waals surface area (Å²) < 4.78 is 18.4. The Bertz CT molecular complexity index is 806. The molecule has 5 nitrogen and oxygen atoms in total. The minimum Gasteiger partial charge on any atom is -0.463 e. The van der Waals surface area contributed by atoms with Crippen molar-refractivity contribution >= 4 is 5.91 Å². The second-order valence-electron chi connectivity index (χ2n) is 4.80. The zero-order valence-electron chi connectivity index (χ0n) is 10.8. The van der Waals surface area contributed by atoms with E-state index in [9.17, 15) is 9.18 Å². The lowest BCUT2D eigenvalue weighted by Gasteiger charge is -2.12. The first kappa shape index (κ1) is 11.9. The Hall–Kier alpha value is -2.89. The van der Waals surface area contributed by atoms with E-state index >= 15 is 0 Å². The van der Waals surface area contributed by atoms with Crippen LogP contribution in [0.4, 0.5) is 4.39 Å². The van der Waals surface area contributed by atoms with Gasteiger partial charge in [0.05, 0.1) is 12.3 Å². The Morgan fingerprint density at radius 1 is 1.19 bits per heavy atom. The van der Waals surface area contributed by atoms with Gasteiger partial charge in [0.1, 0.15) is 11.5 Å². The van der Waals surface area contributed by atoms with Crippen molar-refractivity contribution in [1.29, 1.82) is 0 Å². The maximum atomic E-state index is 13.1. The minimum absolute atomic E-state index is 0.256. The predicted octanol–water partition coefficient (Wildman–Crippen LogP) is 2.64. The Labute approximate surface area is 118 Å². The summed E-state index contributed by atoms with van der Waals surface area (Å²) in [5.74, 6) is 0.0301. The topological polar surface area (TPSA) is 70.9 Å². The van der Waals surface area contributed by atoms with Crippen LogP contribution in [0.2, 0.25) is 0 Å². The summed E-state index contributed by atoms with van der Waals surface area (Å²) in [7, 11) is 0. The molecule has 0 spiro atoms. The number of H-pyrrole nitrogens is 1. The van der Waals surface area contributed by atoms with Gasteiger partial charge in [-0.25, -0.2) is 4.39 Å². The number of amides is 1. The number of hydrogen-bond donors (Lipinski definition) is 2. The van der Waals surface area contributed by atoms with Gasteiger partial charge in [0.15, 0.2) is 11.5 Å². The molecule has 1 aliphatic rings. The molecule has 0 fully saturated rings. The SMILES string of the molecule is O=C1NC(c2ccc(F)cc2)c2c1n[nH]c2-c1ccco1. The number of carbonyl (C=O) groups excluding carboxylic acids is 1. The van der Waals surface area contributed by atoms with Gasteiger partial charge in [-0.1, -0.05) is 12.1 Å². The molecule has 0 saturated heterocycles. The highest BCUT2D eigenvalue weighted by molar-refractivity contribution is 5.99. The van der Waals surface area contributed by atoms with Crippen LogP contribution in [0.15, 0.2) is 47.1 Å². The average molecular weight is 283 g/mol. The standard InChI is InChI=1S/C15H10FN3O2/c16-9-5-3-8(4-6-9)12-11-13(10-2-1-7-21-10)18-19-14(11)15(20)17-12/h1-7,12H,(H,17,20)(H,18,19). The molecule has 0 radical (unpaired) electrons. The molecule has 0 saturated carbocycles. The summed E-state index contributed by atoms with van der Waals surface area (Å²) in [6.45, 7) is 0. The predicted molar refractivity (Wildman–Crippen MR) is 72.0 cm³/mol. The maximum Gasteiger partial charge on any atom is 0.272 e. The van der Waals surface area contributed by atoms with E-state index in [-0.39, 0.29) is 17.8 Å². The molecular formula is C15H10FN3O2. The molecule has 6 heteroatoms. The van der Waals surface area contributed by atoms with Gasteiger partial charge in [-0.15, -0.1) is 0 Å². The number of aromatic nitrogens is 2. The average Bonchev–Trinajstić information content (AvgIpc) is 3.18. The van der Waals surface area contributed by atoms with E-state index in [1.54, 1.807) is 30.5 Å². The van der Waals surface area contributed by atoms with Crippen molar-refractivity contribution in [2.75, 3.05) is 0 Å². The fourth-order valence-electron chi connectivity index (χ4n) is 2.59. The molecule has 0 aliphatic carbocycles. The van der Waals surface area contributed by atoms with Gasteiger partial charge in [0.25, 0.3) is 5.91 Å². The molecule has 1 aromatic carbocycles. The van der Waals surface area contributed by atoms with Crippen molar-refractivity contribution in [1.82, 2.24) is 15.5 Å². The maximum absolute atomic E-state index is 13.1. The Balaban J connectivity index is 1.86. The van der Waals surface area contributed by atoms with Crippen molar-refractivity contribution in [3.05, 3.63) is 65.3 Å². The Morgan fingerprint density at radius 3 is 2.71 bits per heavy atom. The van der Waals surface area contributed by atoms with E-state index < -0.39 is 0 Å². The van der Waals surface area contributed by atoms with Gasteiger partial charge < -0.3 is 9.73 Å². The molecule has 1 aliphatic heterocycles. The molecule has 2 aromatic heterocycles. The van der Waals surface area contributed by atoms with Crippen LogP contribution in [0.25, 0.3) is 11.5 Å². The lowest BCUT2D eigenvalue weighted by Crippen LogP contribution is -2.21. The molecule has 3 heterocycles. The Morgan fingerprint density at radius 2 is 2.00 bits per heavy atom. The van der Waals surface area contributed by atoms with Gasteiger partial charge in [0, 0.05) is 5.56 Å². The van der Waals surface area contributed by atoms with Crippen LogP contribution in [0.5, 0.6) is 0 Å². The van der Waals surface area contributed by atoms with Gasteiger partial charge in [-0.2, -0.15) is 5.10 Å². The summed E-state index contributed by atoms with van der Waals surface area (Å²) in [5, 5.41) is 9.75. The van der Waals surface area contributed by atoms with Gasteiger partial charge >= 0.3 is 0 Å². The summed E-state index contributed by atoms with van der Waals surface area (Å²) in [4.78, 5) is 12.0. The van der Waals surface area contributed by atoms with Crippen LogP contribution in [0.3, 0.4) is 0 Å². The molecule has 4 rings (SSSR count). The zero-order valence-corrected chi connectivity index (χ0v) is 10.8. The molecule has 1 unspecified atom stereocenters. The number of fused-ring (bicyclic) bond motifs is 1. The van der Waals surface area contributed by atoms with Crippen molar-refractivity contribution in [3.63, 3.8) is 0 Å². The number of benzene rings is 1. The second-order valence-corrected chi connectivity index (χ2v) is 4.80. The van der Waals surface area contributed by atoms with E-state index in [0.29, 0.717) is 17.1 Å². The molecule has 1 amide bonds. The van der Waals surface area contributed by atoms with Crippen LogP contribution in [0.1, 0.15) is 27.7 Å². The van der Waals surface area contributed by atoms with E-state index in [1.165, 1.54) is 12.1 Å². The number of carbonyl (C=O) groups is 1. The van der Waals surface area contributed by atoms with Crippen LogP contribution >= 0.6 is 0 Å². The number of furan rings is 1. The fourth-order valence-corrected chi connectivity index (χ4v) is 2.59. The quantitative estimate of drug-likeness (QED) is 0.759. The highest BCUT2D eigenvalue weighted by Gasteiger charge is 2.36. The van der Waals surface area contributed by atoms with E-state index in [4.69, 9.17) is 4.42 Å².